The summed E-state index contributed by atoms with van der Waals surface area (Å²) in [6.07, 6.45) is 6.12. The lowest BCUT2D eigenvalue weighted by atomic mass is 9.83. The number of primary amides is 1. The zero-order valence-electron chi connectivity index (χ0n) is 7.46. The van der Waals surface area contributed by atoms with Gasteiger partial charge in [-0.25, -0.2) is 0 Å². The molecule has 1 saturated carbocycles. The highest BCUT2D eigenvalue weighted by molar-refractivity contribution is 5.73. The molecule has 0 bridgehead atoms. The topological polar surface area (TPSA) is 69.1 Å². The van der Waals surface area contributed by atoms with E-state index in [0.717, 1.165) is 19.3 Å². The highest BCUT2D eigenvalue weighted by atomic mass is 16.1. The van der Waals surface area contributed by atoms with Crippen LogP contribution in [0.2, 0.25) is 0 Å². The molecule has 1 aliphatic carbocycles. The molecule has 0 aromatic rings. The van der Waals surface area contributed by atoms with E-state index in [9.17, 15) is 4.79 Å². The fourth-order valence-corrected chi connectivity index (χ4v) is 1.94. The van der Waals surface area contributed by atoms with Gasteiger partial charge in [0.1, 0.15) is 0 Å². The molecule has 0 radical (unpaired) electrons. The van der Waals surface area contributed by atoms with Crippen LogP contribution in [0.5, 0.6) is 0 Å². The molecule has 0 spiro atoms. The first-order valence-corrected chi connectivity index (χ1v) is 4.72. The van der Waals surface area contributed by atoms with Gasteiger partial charge >= 0.3 is 0 Å². The molecule has 1 rings (SSSR count). The Morgan fingerprint density at radius 3 is 2.75 bits per heavy atom. The van der Waals surface area contributed by atoms with Gasteiger partial charge in [-0.2, -0.15) is 0 Å². The maximum absolute atomic E-state index is 10.5. The van der Waals surface area contributed by atoms with Crippen LogP contribution in [0.1, 0.15) is 38.5 Å². The van der Waals surface area contributed by atoms with Crippen molar-refractivity contribution in [1.29, 1.82) is 0 Å². The van der Waals surface area contributed by atoms with Gasteiger partial charge in [-0.15, -0.1) is 0 Å². The molecule has 1 fully saturated rings. The van der Waals surface area contributed by atoms with Crippen LogP contribution in [0.3, 0.4) is 0 Å². The summed E-state index contributed by atoms with van der Waals surface area (Å²) in [5.41, 5.74) is 10.9. The first kappa shape index (κ1) is 9.52. The summed E-state index contributed by atoms with van der Waals surface area (Å²) in [7, 11) is 0. The van der Waals surface area contributed by atoms with E-state index in [1.54, 1.807) is 0 Å². The fraction of sp³-hybridized carbons (Fsp3) is 0.889. The van der Waals surface area contributed by atoms with Crippen molar-refractivity contribution < 1.29 is 4.79 Å². The van der Waals surface area contributed by atoms with E-state index in [1.807, 2.05) is 0 Å². The van der Waals surface area contributed by atoms with E-state index >= 15 is 0 Å². The van der Waals surface area contributed by atoms with Crippen LogP contribution >= 0.6 is 0 Å². The van der Waals surface area contributed by atoms with E-state index in [0.29, 0.717) is 18.4 Å². The third-order valence-electron chi connectivity index (χ3n) is 2.62. The molecule has 1 aliphatic rings. The minimum Gasteiger partial charge on any atom is -0.370 e. The molecule has 3 heteroatoms. The lowest BCUT2D eigenvalue weighted by molar-refractivity contribution is -0.118. The molecule has 0 aliphatic heterocycles. The van der Waals surface area contributed by atoms with Gasteiger partial charge in [0, 0.05) is 12.5 Å². The van der Waals surface area contributed by atoms with Crippen molar-refractivity contribution in [3.05, 3.63) is 0 Å². The van der Waals surface area contributed by atoms with Crippen LogP contribution in [0.4, 0.5) is 0 Å². The lowest BCUT2D eigenvalue weighted by Crippen LogP contribution is -2.28. The van der Waals surface area contributed by atoms with Crippen LogP contribution in [0, 0.1) is 5.92 Å². The summed E-state index contributed by atoms with van der Waals surface area (Å²) >= 11 is 0. The summed E-state index contributed by atoms with van der Waals surface area (Å²) in [6, 6.07) is 0.358. The van der Waals surface area contributed by atoms with Gasteiger partial charge in [0.25, 0.3) is 0 Å². The zero-order chi connectivity index (χ0) is 8.97. The molecular weight excluding hydrogens is 152 g/mol. The van der Waals surface area contributed by atoms with Crippen LogP contribution in [-0.4, -0.2) is 11.9 Å². The average molecular weight is 170 g/mol. The summed E-state index contributed by atoms with van der Waals surface area (Å²) in [5.74, 6) is 0.454. The molecule has 70 valence electrons. The minimum atomic E-state index is -0.186. The first-order valence-electron chi connectivity index (χ1n) is 4.72. The number of rotatable bonds is 3. The van der Waals surface area contributed by atoms with Crippen LogP contribution < -0.4 is 11.5 Å². The molecule has 2 unspecified atom stereocenters. The third kappa shape index (κ3) is 3.22. The predicted molar refractivity (Wildman–Crippen MR) is 48.4 cm³/mol. The molecule has 0 heterocycles. The molecule has 3 nitrogen and oxygen atoms in total. The molecule has 2 atom stereocenters. The monoisotopic (exact) mass is 170 g/mol. The van der Waals surface area contributed by atoms with Gasteiger partial charge in [0.15, 0.2) is 0 Å². The van der Waals surface area contributed by atoms with Crippen molar-refractivity contribution in [2.45, 2.75) is 44.6 Å². The molecule has 12 heavy (non-hydrogen) atoms. The molecule has 0 aromatic carbocycles. The van der Waals surface area contributed by atoms with Crippen molar-refractivity contribution >= 4 is 5.91 Å². The van der Waals surface area contributed by atoms with Gasteiger partial charge in [-0.3, -0.25) is 4.79 Å². The van der Waals surface area contributed by atoms with Gasteiger partial charge in [-0.1, -0.05) is 12.8 Å². The standard InChI is InChI=1S/C9H18N2O/c10-8-3-1-2-7(6-8)4-5-9(11)12/h7-8H,1-6,10H2,(H2,11,12). The molecule has 1 amide bonds. The Bertz CT molecular complexity index is 159. The number of hydrogen-bond acceptors (Lipinski definition) is 2. The van der Waals surface area contributed by atoms with Crippen LogP contribution in [0.25, 0.3) is 0 Å². The second-order valence-corrected chi connectivity index (χ2v) is 3.80. The Labute approximate surface area is 73.5 Å². The van der Waals surface area contributed by atoms with E-state index in [1.165, 1.54) is 12.8 Å². The zero-order valence-corrected chi connectivity index (χ0v) is 7.46. The second kappa shape index (κ2) is 4.45. The average Bonchev–Trinajstić information content (AvgIpc) is 2.01. The number of hydrogen-bond donors (Lipinski definition) is 2. The van der Waals surface area contributed by atoms with Crippen LogP contribution in [-0.2, 0) is 4.79 Å². The molecule has 4 N–H and O–H groups in total. The van der Waals surface area contributed by atoms with Crippen molar-refractivity contribution in [2.24, 2.45) is 17.4 Å². The fourth-order valence-electron chi connectivity index (χ4n) is 1.94. The van der Waals surface area contributed by atoms with Gasteiger partial charge in [0.05, 0.1) is 0 Å². The molecule has 0 aromatic heterocycles. The maximum Gasteiger partial charge on any atom is 0.217 e. The third-order valence-corrected chi connectivity index (χ3v) is 2.62. The Morgan fingerprint density at radius 2 is 2.17 bits per heavy atom. The van der Waals surface area contributed by atoms with E-state index < -0.39 is 0 Å². The Morgan fingerprint density at radius 1 is 1.42 bits per heavy atom. The highest BCUT2D eigenvalue weighted by Crippen LogP contribution is 2.26. The quantitative estimate of drug-likeness (QED) is 0.656. The smallest absolute Gasteiger partial charge is 0.217 e. The Kier molecular flexibility index (Phi) is 3.53. The number of amides is 1. The van der Waals surface area contributed by atoms with Crippen molar-refractivity contribution in [3.63, 3.8) is 0 Å². The van der Waals surface area contributed by atoms with Gasteiger partial charge < -0.3 is 11.5 Å². The summed E-state index contributed by atoms with van der Waals surface area (Å²) < 4.78 is 0. The van der Waals surface area contributed by atoms with Gasteiger partial charge in [0.2, 0.25) is 5.91 Å². The lowest BCUT2D eigenvalue weighted by Gasteiger charge is -2.25. The Balaban J connectivity index is 2.18. The second-order valence-electron chi connectivity index (χ2n) is 3.80. The SMILES string of the molecule is NC(=O)CCC1CCCC(N)C1. The van der Waals surface area contributed by atoms with E-state index in [-0.39, 0.29) is 5.91 Å². The Hall–Kier alpha value is -0.570. The van der Waals surface area contributed by atoms with Crippen molar-refractivity contribution in [1.82, 2.24) is 0 Å². The van der Waals surface area contributed by atoms with E-state index in [4.69, 9.17) is 11.5 Å². The minimum absolute atomic E-state index is 0.186. The van der Waals surface area contributed by atoms with Gasteiger partial charge in [-0.05, 0) is 25.2 Å². The normalized spacial score (nSPS) is 30.1. The number of nitrogens with two attached hydrogens (primary N) is 2. The molecular formula is C9H18N2O. The number of carbonyl (C=O) groups is 1. The summed E-state index contributed by atoms with van der Waals surface area (Å²) in [5, 5.41) is 0. The summed E-state index contributed by atoms with van der Waals surface area (Å²) in [6.45, 7) is 0. The predicted octanol–water partition coefficient (Wildman–Crippen LogP) is 0.769. The van der Waals surface area contributed by atoms with Crippen molar-refractivity contribution in [2.75, 3.05) is 0 Å². The van der Waals surface area contributed by atoms with Crippen molar-refractivity contribution in [3.8, 4) is 0 Å². The highest BCUT2D eigenvalue weighted by Gasteiger charge is 2.19. The van der Waals surface area contributed by atoms with E-state index in [2.05, 4.69) is 0 Å². The first-order chi connectivity index (χ1) is 5.68. The number of carbonyl (C=O) groups excluding carboxylic acids is 1. The summed E-state index contributed by atoms with van der Waals surface area (Å²) in [4.78, 5) is 10.5. The molecule has 0 saturated heterocycles. The largest absolute Gasteiger partial charge is 0.370 e. The maximum atomic E-state index is 10.5. The van der Waals surface area contributed by atoms with Crippen LogP contribution in [0.15, 0.2) is 0 Å².